The summed E-state index contributed by atoms with van der Waals surface area (Å²) in [6, 6.07) is 5.05. The highest BCUT2D eigenvalue weighted by molar-refractivity contribution is 5.96. The van der Waals surface area contributed by atoms with E-state index in [9.17, 15) is 4.79 Å². The average molecular weight is 272 g/mol. The smallest absolute Gasteiger partial charge is 0.271 e. The average Bonchev–Trinajstić information content (AvgIpc) is 2.94. The number of aromatic amines is 1. The van der Waals surface area contributed by atoms with Gasteiger partial charge < -0.3 is 15.2 Å². The Morgan fingerprint density at radius 2 is 2.25 bits per heavy atom. The van der Waals surface area contributed by atoms with Crippen LogP contribution in [0.5, 0.6) is 11.5 Å². The second-order valence-electron chi connectivity index (χ2n) is 3.74. The van der Waals surface area contributed by atoms with E-state index in [4.69, 9.17) is 21.6 Å². The van der Waals surface area contributed by atoms with Gasteiger partial charge in [-0.2, -0.15) is 15.4 Å². The predicted molar refractivity (Wildman–Crippen MR) is 71.2 cm³/mol. The van der Waals surface area contributed by atoms with Crippen LogP contribution in [0.4, 0.5) is 0 Å². The molecule has 0 aliphatic heterocycles. The summed E-state index contributed by atoms with van der Waals surface area (Å²) in [7, 11) is 1.52. The minimum atomic E-state index is -0.671. The van der Waals surface area contributed by atoms with Crippen molar-refractivity contribution in [3.63, 3.8) is 0 Å². The number of carbonyl (C=O) groups is 1. The predicted octanol–water partition coefficient (Wildman–Crippen LogP) is 0.591. The molecule has 0 aliphatic carbocycles. The lowest BCUT2D eigenvalue weighted by molar-refractivity contribution is 0.0996. The number of terminal acetylenes is 1. The molecule has 7 nitrogen and oxygen atoms in total. The number of nitrogens with two attached hydrogens (primary N) is 1. The third-order valence-electron chi connectivity index (χ3n) is 2.53. The molecule has 0 aliphatic rings. The fourth-order valence-electron chi connectivity index (χ4n) is 1.66. The van der Waals surface area contributed by atoms with Crippen LogP contribution in [0.15, 0.2) is 18.2 Å². The third kappa shape index (κ3) is 2.54. The molecule has 7 heteroatoms. The van der Waals surface area contributed by atoms with Crippen LogP contribution in [0.3, 0.4) is 0 Å². The number of hydrogen-bond acceptors (Lipinski definition) is 5. The van der Waals surface area contributed by atoms with Gasteiger partial charge in [0, 0.05) is 5.56 Å². The van der Waals surface area contributed by atoms with Gasteiger partial charge >= 0.3 is 0 Å². The Kier molecular flexibility index (Phi) is 3.86. The van der Waals surface area contributed by atoms with Crippen molar-refractivity contribution in [1.82, 2.24) is 15.4 Å². The number of nitrogens with one attached hydrogen (secondary N) is 1. The molecule has 0 bridgehead atoms. The number of amides is 1. The van der Waals surface area contributed by atoms with E-state index in [1.165, 1.54) is 7.11 Å². The summed E-state index contributed by atoms with van der Waals surface area (Å²) in [5.41, 5.74) is 6.23. The van der Waals surface area contributed by atoms with Gasteiger partial charge in [0.15, 0.2) is 17.2 Å². The first-order chi connectivity index (χ1) is 9.67. The maximum Gasteiger partial charge on any atom is 0.271 e. The van der Waals surface area contributed by atoms with Crippen molar-refractivity contribution in [3.8, 4) is 35.1 Å². The molecule has 0 saturated heterocycles. The van der Waals surface area contributed by atoms with Crippen LogP contribution in [0, 0.1) is 12.3 Å². The molecular weight excluding hydrogens is 260 g/mol. The highest BCUT2D eigenvalue weighted by Gasteiger charge is 2.17. The fraction of sp³-hybridized carbons (Fsp3) is 0.154. The number of primary amides is 1. The van der Waals surface area contributed by atoms with Gasteiger partial charge in [-0.05, 0) is 18.2 Å². The minimum absolute atomic E-state index is 0.0538. The Morgan fingerprint density at radius 3 is 2.90 bits per heavy atom. The van der Waals surface area contributed by atoms with Crippen LogP contribution in [-0.4, -0.2) is 35.0 Å². The largest absolute Gasteiger partial charge is 0.493 e. The zero-order valence-corrected chi connectivity index (χ0v) is 10.7. The van der Waals surface area contributed by atoms with E-state index in [0.29, 0.717) is 22.8 Å². The van der Waals surface area contributed by atoms with Crippen LogP contribution in [0.25, 0.3) is 11.3 Å². The lowest BCUT2D eigenvalue weighted by Crippen LogP contribution is -2.12. The van der Waals surface area contributed by atoms with Crippen molar-refractivity contribution in [3.05, 3.63) is 23.9 Å². The Balaban J connectivity index is 2.45. The number of nitrogens with zero attached hydrogens (tertiary/aromatic N) is 2. The highest BCUT2D eigenvalue weighted by Crippen LogP contribution is 2.32. The SMILES string of the molecule is C#CCOc1cc(-c2n[nH]nc2C(N)=O)ccc1OC. The van der Waals surface area contributed by atoms with Gasteiger partial charge in [0.2, 0.25) is 0 Å². The summed E-state index contributed by atoms with van der Waals surface area (Å²) in [6.07, 6.45) is 5.16. The van der Waals surface area contributed by atoms with Crippen molar-refractivity contribution >= 4 is 5.91 Å². The summed E-state index contributed by atoms with van der Waals surface area (Å²) in [5.74, 6) is 2.66. The third-order valence-corrected chi connectivity index (χ3v) is 2.53. The van der Waals surface area contributed by atoms with Crippen LogP contribution in [0.1, 0.15) is 10.5 Å². The molecule has 0 unspecified atom stereocenters. The molecule has 0 fully saturated rings. The van der Waals surface area contributed by atoms with Crippen molar-refractivity contribution in [2.24, 2.45) is 5.73 Å². The number of hydrogen-bond donors (Lipinski definition) is 2. The molecule has 0 spiro atoms. The van der Waals surface area contributed by atoms with Gasteiger partial charge in [-0.15, -0.1) is 6.42 Å². The monoisotopic (exact) mass is 272 g/mol. The molecule has 1 aromatic heterocycles. The molecule has 0 radical (unpaired) electrons. The topological polar surface area (TPSA) is 103 Å². The molecule has 20 heavy (non-hydrogen) atoms. The zero-order chi connectivity index (χ0) is 14.5. The van der Waals surface area contributed by atoms with Gasteiger partial charge in [-0.25, -0.2) is 0 Å². The maximum absolute atomic E-state index is 11.3. The van der Waals surface area contributed by atoms with Crippen LogP contribution in [0.2, 0.25) is 0 Å². The molecule has 0 saturated carbocycles. The number of H-pyrrole nitrogens is 1. The summed E-state index contributed by atoms with van der Waals surface area (Å²) in [6.45, 7) is 0.0985. The quantitative estimate of drug-likeness (QED) is 0.775. The molecule has 2 aromatic rings. The van der Waals surface area contributed by atoms with Gasteiger partial charge in [0.05, 0.1) is 7.11 Å². The summed E-state index contributed by atoms with van der Waals surface area (Å²) in [4.78, 5) is 11.3. The fourth-order valence-corrected chi connectivity index (χ4v) is 1.66. The molecule has 1 amide bonds. The van der Waals surface area contributed by atoms with E-state index in [2.05, 4.69) is 21.3 Å². The summed E-state index contributed by atoms with van der Waals surface area (Å²) < 4.78 is 10.5. The molecule has 3 N–H and O–H groups in total. The van der Waals surface area contributed by atoms with Crippen LogP contribution < -0.4 is 15.2 Å². The van der Waals surface area contributed by atoms with E-state index >= 15 is 0 Å². The summed E-state index contributed by atoms with van der Waals surface area (Å²) in [5, 5.41) is 9.99. The van der Waals surface area contributed by atoms with E-state index in [1.54, 1.807) is 18.2 Å². The number of ether oxygens (including phenoxy) is 2. The van der Waals surface area contributed by atoms with E-state index in [1.807, 2.05) is 0 Å². The highest BCUT2D eigenvalue weighted by atomic mass is 16.5. The van der Waals surface area contributed by atoms with Crippen molar-refractivity contribution in [1.29, 1.82) is 0 Å². The first-order valence-corrected chi connectivity index (χ1v) is 5.62. The normalized spacial score (nSPS) is 9.80. The van der Waals surface area contributed by atoms with Crippen molar-refractivity contribution in [2.45, 2.75) is 0 Å². The summed E-state index contributed by atoms with van der Waals surface area (Å²) >= 11 is 0. The van der Waals surface area contributed by atoms with E-state index < -0.39 is 5.91 Å². The Morgan fingerprint density at radius 1 is 1.45 bits per heavy atom. The van der Waals surface area contributed by atoms with Gasteiger partial charge in [0.25, 0.3) is 5.91 Å². The number of rotatable bonds is 5. The lowest BCUT2D eigenvalue weighted by atomic mass is 10.1. The minimum Gasteiger partial charge on any atom is -0.493 e. The Labute approximate surface area is 115 Å². The number of aromatic nitrogens is 3. The molecule has 0 atom stereocenters. The van der Waals surface area contributed by atoms with E-state index in [0.717, 1.165) is 0 Å². The van der Waals surface area contributed by atoms with Crippen LogP contribution >= 0.6 is 0 Å². The first kappa shape index (κ1) is 13.4. The number of methoxy groups -OCH3 is 1. The second-order valence-corrected chi connectivity index (χ2v) is 3.74. The maximum atomic E-state index is 11.3. The van der Waals surface area contributed by atoms with Crippen molar-refractivity contribution in [2.75, 3.05) is 13.7 Å². The second kappa shape index (κ2) is 5.75. The van der Waals surface area contributed by atoms with Gasteiger partial charge in [-0.1, -0.05) is 5.92 Å². The standard InChI is InChI=1S/C13H12N4O3/c1-3-6-20-10-7-8(4-5-9(10)19-2)11-12(13(14)18)16-17-15-11/h1,4-5,7H,6H2,2H3,(H2,14,18)(H,15,16,17). The zero-order valence-electron chi connectivity index (χ0n) is 10.7. The molecule has 1 heterocycles. The Hall–Kier alpha value is -3.01. The van der Waals surface area contributed by atoms with Gasteiger partial charge in [0.1, 0.15) is 12.3 Å². The van der Waals surface area contributed by atoms with Crippen LogP contribution in [-0.2, 0) is 0 Å². The first-order valence-electron chi connectivity index (χ1n) is 5.62. The number of carbonyl (C=O) groups excluding carboxylic acids is 1. The molecular formula is C13H12N4O3. The molecule has 102 valence electrons. The molecule has 2 rings (SSSR count). The van der Waals surface area contributed by atoms with Crippen molar-refractivity contribution < 1.29 is 14.3 Å². The Bertz CT molecular complexity index is 672. The molecule has 1 aromatic carbocycles. The van der Waals surface area contributed by atoms with E-state index in [-0.39, 0.29) is 12.3 Å². The van der Waals surface area contributed by atoms with Gasteiger partial charge in [-0.3, -0.25) is 4.79 Å². The lowest BCUT2D eigenvalue weighted by Gasteiger charge is -2.10. The number of benzene rings is 1.